The quantitative estimate of drug-likeness (QED) is 0.297. The van der Waals surface area contributed by atoms with E-state index in [4.69, 9.17) is 23.7 Å². The molecule has 4 unspecified atom stereocenters. The van der Waals surface area contributed by atoms with Crippen molar-refractivity contribution in [1.82, 2.24) is 0 Å². The highest BCUT2D eigenvalue weighted by Crippen LogP contribution is 2.41. The number of epoxide rings is 2. The number of benzene rings is 4. The molecule has 0 spiro atoms. The maximum Gasteiger partial charge on any atom is 0.123 e. The van der Waals surface area contributed by atoms with E-state index in [2.05, 4.69) is 60.7 Å². The van der Waals surface area contributed by atoms with Crippen molar-refractivity contribution in [2.45, 2.75) is 31.2 Å². The van der Waals surface area contributed by atoms with E-state index in [0.717, 1.165) is 64.2 Å². The van der Waals surface area contributed by atoms with Crippen LogP contribution in [0.1, 0.15) is 17.5 Å². The zero-order valence-corrected chi connectivity index (χ0v) is 20.6. The Morgan fingerprint density at radius 3 is 2.19 bits per heavy atom. The molecule has 2 heterocycles. The molecule has 0 aromatic heterocycles. The molecular weight excluding hydrogens is 468 g/mol. The summed E-state index contributed by atoms with van der Waals surface area (Å²) in [6.07, 6.45) is 1.95. The summed E-state index contributed by atoms with van der Waals surface area (Å²) in [7, 11) is 0. The van der Waals surface area contributed by atoms with Crippen molar-refractivity contribution in [3.8, 4) is 17.2 Å². The van der Waals surface area contributed by atoms with Gasteiger partial charge >= 0.3 is 0 Å². The van der Waals surface area contributed by atoms with Gasteiger partial charge in [0.25, 0.3) is 0 Å². The van der Waals surface area contributed by atoms with Crippen molar-refractivity contribution in [3.63, 3.8) is 0 Å². The second-order valence-corrected chi connectivity index (χ2v) is 10.2. The van der Waals surface area contributed by atoms with Crippen LogP contribution in [0.15, 0.2) is 66.7 Å². The number of rotatable bonds is 11. The lowest BCUT2D eigenvalue weighted by Gasteiger charge is -2.19. The van der Waals surface area contributed by atoms with Crippen LogP contribution in [0.2, 0.25) is 0 Å². The van der Waals surface area contributed by atoms with Gasteiger partial charge in [-0.1, -0.05) is 42.5 Å². The second-order valence-electron chi connectivity index (χ2n) is 10.2. The maximum absolute atomic E-state index is 9.58. The molecule has 4 aromatic carbocycles. The van der Waals surface area contributed by atoms with E-state index in [1.165, 1.54) is 5.39 Å². The Morgan fingerprint density at radius 2 is 1.43 bits per heavy atom. The number of hydrogen-bond acceptors (Lipinski definition) is 6. The second kappa shape index (κ2) is 9.53. The average Bonchev–Trinajstić information content (AvgIpc) is 3.80. The summed E-state index contributed by atoms with van der Waals surface area (Å²) in [4.78, 5) is 0. The minimum Gasteiger partial charge on any atom is -0.491 e. The van der Waals surface area contributed by atoms with E-state index in [1.807, 2.05) is 6.07 Å². The van der Waals surface area contributed by atoms with Gasteiger partial charge in [-0.2, -0.15) is 0 Å². The third-order valence-corrected chi connectivity index (χ3v) is 7.45. The summed E-state index contributed by atoms with van der Waals surface area (Å²) in [6.45, 7) is 2.77. The van der Waals surface area contributed by atoms with Crippen molar-refractivity contribution in [3.05, 3.63) is 77.9 Å². The van der Waals surface area contributed by atoms with E-state index in [-0.39, 0.29) is 30.8 Å². The van der Waals surface area contributed by atoms with E-state index in [0.29, 0.717) is 19.6 Å². The molecule has 2 aliphatic heterocycles. The van der Waals surface area contributed by atoms with Gasteiger partial charge in [0.2, 0.25) is 0 Å². The Hall–Kier alpha value is -3.32. The Balaban J connectivity index is 1.31. The standard InChI is InChI=1S/C31H30O6/c32-14-21-11-31(21)37-30-10-7-19-3-1-2-4-25(19)27(30)13-28-26-12-22(33-15-23-16-34-23)8-5-20(26)6-9-29(28)36-18-24-17-35-24/h1-10,12,21,23-24,31-32H,11,13-18H2. The number of aliphatic hydroxyl groups excluding tert-OH is 1. The lowest BCUT2D eigenvalue weighted by molar-refractivity contribution is 0.223. The molecular formula is C31H30O6. The fraction of sp³-hybridized carbons (Fsp3) is 0.355. The molecule has 0 amide bonds. The predicted molar refractivity (Wildman–Crippen MR) is 141 cm³/mol. The third-order valence-electron chi connectivity index (χ3n) is 7.45. The van der Waals surface area contributed by atoms with E-state index in [1.54, 1.807) is 0 Å². The van der Waals surface area contributed by atoms with Crippen LogP contribution >= 0.6 is 0 Å². The Kier molecular flexibility index (Phi) is 5.88. The molecule has 0 bridgehead atoms. The summed E-state index contributed by atoms with van der Waals surface area (Å²) in [5, 5.41) is 14.1. The Bertz CT molecular complexity index is 1440. The molecule has 7 rings (SSSR count). The van der Waals surface area contributed by atoms with Gasteiger partial charge in [-0.3, -0.25) is 0 Å². The normalized spacial score (nSPS) is 23.7. The topological polar surface area (TPSA) is 73.0 Å². The lowest BCUT2D eigenvalue weighted by atomic mass is 9.93. The number of fused-ring (bicyclic) bond motifs is 2. The van der Waals surface area contributed by atoms with Crippen LogP contribution in [-0.4, -0.2) is 56.5 Å². The van der Waals surface area contributed by atoms with Gasteiger partial charge in [0.1, 0.15) is 48.8 Å². The Morgan fingerprint density at radius 1 is 0.757 bits per heavy atom. The third kappa shape index (κ3) is 4.97. The van der Waals surface area contributed by atoms with Gasteiger partial charge in [0, 0.05) is 30.1 Å². The van der Waals surface area contributed by atoms with Gasteiger partial charge in [-0.05, 0) is 52.2 Å². The largest absolute Gasteiger partial charge is 0.491 e. The van der Waals surface area contributed by atoms with Crippen LogP contribution in [0, 0.1) is 5.92 Å². The van der Waals surface area contributed by atoms with Crippen molar-refractivity contribution in [2.24, 2.45) is 5.92 Å². The minimum absolute atomic E-state index is 0.0600. The molecule has 3 fully saturated rings. The van der Waals surface area contributed by atoms with Crippen molar-refractivity contribution >= 4 is 21.5 Å². The van der Waals surface area contributed by atoms with E-state index in [9.17, 15) is 5.11 Å². The minimum atomic E-state index is 0.0600. The van der Waals surface area contributed by atoms with Gasteiger partial charge in [0.15, 0.2) is 0 Å². The highest BCUT2D eigenvalue weighted by molar-refractivity contribution is 5.92. The van der Waals surface area contributed by atoms with Gasteiger partial charge in [0.05, 0.1) is 13.2 Å². The molecule has 0 radical (unpaired) electrons. The predicted octanol–water partition coefficient (Wildman–Crippen LogP) is 4.90. The van der Waals surface area contributed by atoms with Crippen molar-refractivity contribution < 1.29 is 28.8 Å². The zero-order valence-electron chi connectivity index (χ0n) is 20.6. The molecule has 2 saturated heterocycles. The number of aliphatic hydroxyl groups is 1. The zero-order chi connectivity index (χ0) is 24.8. The summed E-state index contributed by atoms with van der Waals surface area (Å²) >= 11 is 0. The Labute approximate surface area is 215 Å². The SMILES string of the molecule is OCC1CC1Oc1ccc2ccccc2c1Cc1c(OCC2CO2)ccc2ccc(OCC3CO3)cc12. The van der Waals surface area contributed by atoms with Crippen LogP contribution < -0.4 is 14.2 Å². The molecule has 1 N–H and O–H groups in total. The van der Waals surface area contributed by atoms with Crippen molar-refractivity contribution in [2.75, 3.05) is 33.0 Å². The highest BCUT2D eigenvalue weighted by Gasteiger charge is 2.39. The molecule has 4 atom stereocenters. The van der Waals surface area contributed by atoms with Gasteiger partial charge < -0.3 is 28.8 Å². The number of hydrogen-bond donors (Lipinski definition) is 1. The summed E-state index contributed by atoms with van der Waals surface area (Å²) in [5.41, 5.74) is 2.22. The fourth-order valence-corrected chi connectivity index (χ4v) is 4.95. The van der Waals surface area contributed by atoms with Crippen LogP contribution in [0.5, 0.6) is 17.2 Å². The molecule has 1 aliphatic carbocycles. The van der Waals surface area contributed by atoms with E-state index >= 15 is 0 Å². The fourth-order valence-electron chi connectivity index (χ4n) is 4.95. The molecule has 6 heteroatoms. The van der Waals surface area contributed by atoms with Crippen LogP contribution in [-0.2, 0) is 15.9 Å². The average molecular weight is 499 g/mol. The monoisotopic (exact) mass is 498 g/mol. The maximum atomic E-state index is 9.58. The number of ether oxygens (including phenoxy) is 5. The van der Waals surface area contributed by atoms with Gasteiger partial charge in [-0.25, -0.2) is 0 Å². The van der Waals surface area contributed by atoms with Gasteiger partial charge in [-0.15, -0.1) is 0 Å². The molecule has 37 heavy (non-hydrogen) atoms. The van der Waals surface area contributed by atoms with E-state index < -0.39 is 0 Å². The first-order chi connectivity index (χ1) is 18.2. The first-order valence-corrected chi connectivity index (χ1v) is 13.1. The first-order valence-electron chi connectivity index (χ1n) is 13.1. The summed E-state index contributed by atoms with van der Waals surface area (Å²) in [5.74, 6) is 2.75. The lowest BCUT2D eigenvalue weighted by Crippen LogP contribution is -2.08. The smallest absolute Gasteiger partial charge is 0.123 e. The van der Waals surface area contributed by atoms with Crippen molar-refractivity contribution in [1.29, 1.82) is 0 Å². The highest BCUT2D eigenvalue weighted by atomic mass is 16.6. The summed E-state index contributed by atoms with van der Waals surface area (Å²) < 4.78 is 29.5. The van der Waals surface area contributed by atoms with Crippen LogP contribution in [0.3, 0.4) is 0 Å². The molecule has 1 saturated carbocycles. The molecule has 4 aromatic rings. The van der Waals surface area contributed by atoms with Crippen LogP contribution in [0.4, 0.5) is 0 Å². The molecule has 6 nitrogen and oxygen atoms in total. The summed E-state index contributed by atoms with van der Waals surface area (Å²) in [6, 6.07) is 23.0. The molecule has 190 valence electrons. The van der Waals surface area contributed by atoms with Crippen LogP contribution in [0.25, 0.3) is 21.5 Å². The molecule has 3 aliphatic rings. The first kappa shape index (κ1) is 22.8.